The number of nitrogen functional groups attached to an aromatic ring is 1. The van der Waals surface area contributed by atoms with Crippen molar-refractivity contribution >= 4 is 33.9 Å². The Balaban J connectivity index is 1.78. The van der Waals surface area contributed by atoms with Crippen LogP contribution in [-0.4, -0.2) is 19.4 Å². The minimum atomic E-state index is 0.657. The van der Waals surface area contributed by atoms with Gasteiger partial charge in [-0.2, -0.15) is 0 Å². The van der Waals surface area contributed by atoms with Crippen molar-refractivity contribution in [3.05, 3.63) is 78.4 Å². The Bertz CT molecular complexity index is 1260. The molecule has 0 saturated heterocycles. The van der Waals surface area contributed by atoms with E-state index in [1.54, 1.807) is 4.63 Å². The highest BCUT2D eigenvalue weighted by Crippen LogP contribution is 2.30. The molecule has 0 aliphatic heterocycles. The lowest BCUT2D eigenvalue weighted by atomic mass is 10.2. The van der Waals surface area contributed by atoms with Crippen LogP contribution in [-0.2, 0) is 0 Å². The van der Waals surface area contributed by atoms with Gasteiger partial charge in [-0.3, -0.25) is 4.57 Å². The number of nitrogens with two attached hydrogens (primary N) is 1. The molecule has 5 rings (SSSR count). The van der Waals surface area contributed by atoms with E-state index in [1.165, 1.54) is 5.56 Å². The van der Waals surface area contributed by atoms with Gasteiger partial charge in [-0.25, -0.2) is 0 Å². The van der Waals surface area contributed by atoms with Crippen molar-refractivity contribution in [1.29, 1.82) is 0 Å². The van der Waals surface area contributed by atoms with Crippen LogP contribution in [0.1, 0.15) is 5.56 Å². The summed E-state index contributed by atoms with van der Waals surface area (Å²) < 4.78 is 3.68. The summed E-state index contributed by atoms with van der Waals surface area (Å²) in [5, 5.41) is 13.7. The van der Waals surface area contributed by atoms with Crippen LogP contribution in [0, 0.1) is 6.92 Å². The second-order valence-corrected chi connectivity index (χ2v) is 6.54. The molecule has 2 aromatic heterocycles. The molecular weight excluding hydrogens is 336 g/mol. The largest absolute Gasteiger partial charge is 0.397 e. The van der Waals surface area contributed by atoms with Crippen molar-refractivity contribution in [2.75, 3.05) is 11.1 Å². The first-order valence-electron chi connectivity index (χ1n) is 8.76. The zero-order chi connectivity index (χ0) is 18.4. The van der Waals surface area contributed by atoms with Crippen LogP contribution in [0.15, 0.2) is 72.8 Å². The molecule has 0 unspecified atom stereocenters. The third-order valence-corrected chi connectivity index (χ3v) is 4.64. The normalized spacial score (nSPS) is 11.3. The fourth-order valence-corrected chi connectivity index (χ4v) is 3.29. The molecule has 3 aromatic carbocycles. The predicted molar refractivity (Wildman–Crippen MR) is 109 cm³/mol. The lowest BCUT2D eigenvalue weighted by Crippen LogP contribution is -2.04. The number of benzene rings is 3. The van der Waals surface area contributed by atoms with E-state index in [0.29, 0.717) is 11.6 Å². The monoisotopic (exact) mass is 354 g/mol. The van der Waals surface area contributed by atoms with Gasteiger partial charge in [0.1, 0.15) is 0 Å². The van der Waals surface area contributed by atoms with Crippen molar-refractivity contribution in [2.24, 2.45) is 0 Å². The van der Waals surface area contributed by atoms with Gasteiger partial charge < -0.3 is 11.1 Å². The van der Waals surface area contributed by atoms with E-state index in [0.717, 1.165) is 27.9 Å². The first-order valence-corrected chi connectivity index (χ1v) is 8.76. The maximum atomic E-state index is 6.29. The van der Waals surface area contributed by atoms with E-state index in [1.807, 2.05) is 65.2 Å². The van der Waals surface area contributed by atoms with Crippen LogP contribution in [0.2, 0.25) is 0 Å². The lowest BCUT2D eigenvalue weighted by Gasteiger charge is -2.12. The molecule has 0 bridgehead atoms. The average molecular weight is 354 g/mol. The number of fused-ring (bicyclic) bond motifs is 3. The average Bonchev–Trinajstić information content (AvgIpc) is 3.20. The molecule has 0 fully saturated rings. The Morgan fingerprint density at radius 1 is 0.852 bits per heavy atom. The summed E-state index contributed by atoms with van der Waals surface area (Å²) in [6.45, 7) is 2.07. The Hall–Kier alpha value is -3.80. The van der Waals surface area contributed by atoms with Crippen molar-refractivity contribution in [1.82, 2.24) is 19.4 Å². The van der Waals surface area contributed by atoms with Gasteiger partial charge >= 0.3 is 0 Å². The molecule has 2 heterocycles. The van der Waals surface area contributed by atoms with Gasteiger partial charge in [-0.15, -0.1) is 14.8 Å². The minimum Gasteiger partial charge on any atom is -0.397 e. The third kappa shape index (κ3) is 2.50. The summed E-state index contributed by atoms with van der Waals surface area (Å²) >= 11 is 0. The van der Waals surface area contributed by atoms with Crippen LogP contribution >= 0.6 is 0 Å². The first-order chi connectivity index (χ1) is 13.2. The Kier molecular flexibility index (Phi) is 3.36. The molecule has 0 spiro atoms. The first kappa shape index (κ1) is 15.5. The van der Waals surface area contributed by atoms with Gasteiger partial charge in [0.25, 0.3) is 0 Å². The quantitative estimate of drug-likeness (QED) is 0.474. The number of nitrogens with zero attached hydrogens (tertiary/aromatic N) is 4. The Labute approximate surface area is 155 Å². The van der Waals surface area contributed by atoms with Crippen molar-refractivity contribution in [2.45, 2.75) is 6.92 Å². The van der Waals surface area contributed by atoms with E-state index in [9.17, 15) is 0 Å². The number of nitrogens with one attached hydrogen (secondary N) is 1. The fourth-order valence-electron chi connectivity index (χ4n) is 3.29. The molecule has 5 aromatic rings. The molecule has 27 heavy (non-hydrogen) atoms. The van der Waals surface area contributed by atoms with E-state index in [4.69, 9.17) is 5.73 Å². The predicted octanol–water partition coefficient (Wildman–Crippen LogP) is 4.31. The number of hydrogen-bond acceptors (Lipinski definition) is 4. The van der Waals surface area contributed by atoms with Crippen molar-refractivity contribution in [3.8, 4) is 5.69 Å². The van der Waals surface area contributed by atoms with E-state index in [-0.39, 0.29) is 0 Å². The highest BCUT2D eigenvalue weighted by atomic mass is 15.5. The molecule has 0 aliphatic carbocycles. The van der Waals surface area contributed by atoms with Gasteiger partial charge in [0, 0.05) is 11.1 Å². The summed E-state index contributed by atoms with van der Waals surface area (Å²) in [6.07, 6.45) is 0. The van der Waals surface area contributed by atoms with E-state index < -0.39 is 0 Å². The molecule has 132 valence electrons. The van der Waals surface area contributed by atoms with Crippen LogP contribution in [0.25, 0.3) is 22.2 Å². The van der Waals surface area contributed by atoms with Crippen LogP contribution in [0.3, 0.4) is 0 Å². The molecular formula is C21H18N6. The summed E-state index contributed by atoms with van der Waals surface area (Å²) in [6, 6.07) is 24.0. The maximum absolute atomic E-state index is 6.29. The highest BCUT2D eigenvalue weighted by Gasteiger charge is 2.19. The minimum absolute atomic E-state index is 0.657. The number of anilines is 3. The SMILES string of the molecule is Cc1ccc(Nc2nn3nc4ccccc4c3n2-c2ccccc2N)cc1. The molecule has 6 heteroatoms. The molecule has 0 atom stereocenters. The fraction of sp³-hybridized carbons (Fsp3) is 0.0476. The van der Waals surface area contributed by atoms with Gasteiger partial charge in [-0.05, 0) is 43.3 Å². The second-order valence-electron chi connectivity index (χ2n) is 6.54. The number of rotatable bonds is 3. The standard InChI is InChI=1S/C21H18N6/c1-14-10-12-15(13-11-14)23-21-25-27-20(16-6-2-4-8-18(16)24-27)26(21)19-9-5-3-7-17(19)22/h2-13H,22H2,1H3,(H,23,25). The zero-order valence-corrected chi connectivity index (χ0v) is 14.8. The zero-order valence-electron chi connectivity index (χ0n) is 14.8. The Morgan fingerprint density at radius 3 is 2.41 bits per heavy atom. The maximum Gasteiger partial charge on any atom is 0.234 e. The van der Waals surface area contributed by atoms with Crippen molar-refractivity contribution in [3.63, 3.8) is 0 Å². The summed E-state index contributed by atoms with van der Waals surface area (Å²) in [5.74, 6) is 0.657. The van der Waals surface area contributed by atoms with Gasteiger partial charge in [-0.1, -0.05) is 42.0 Å². The molecule has 0 saturated carbocycles. The van der Waals surface area contributed by atoms with E-state index in [2.05, 4.69) is 34.6 Å². The van der Waals surface area contributed by atoms with Gasteiger partial charge in [0.2, 0.25) is 5.95 Å². The molecule has 0 radical (unpaired) electrons. The van der Waals surface area contributed by atoms with Crippen LogP contribution in [0.5, 0.6) is 0 Å². The number of aromatic nitrogens is 4. The van der Waals surface area contributed by atoms with Crippen molar-refractivity contribution < 1.29 is 0 Å². The van der Waals surface area contributed by atoms with Gasteiger partial charge in [0.05, 0.1) is 16.9 Å². The molecule has 0 amide bonds. The number of para-hydroxylation sites is 2. The smallest absolute Gasteiger partial charge is 0.234 e. The van der Waals surface area contributed by atoms with Crippen LogP contribution in [0.4, 0.5) is 17.3 Å². The number of hydrogen-bond donors (Lipinski definition) is 2. The number of aryl methyl sites for hydroxylation is 1. The summed E-state index contributed by atoms with van der Waals surface area (Å²) in [7, 11) is 0. The molecule has 3 N–H and O–H groups in total. The topological polar surface area (TPSA) is 73.2 Å². The van der Waals surface area contributed by atoms with Gasteiger partial charge in [0.15, 0.2) is 5.65 Å². The van der Waals surface area contributed by atoms with E-state index >= 15 is 0 Å². The Morgan fingerprint density at radius 2 is 1.59 bits per heavy atom. The molecule has 0 aliphatic rings. The highest BCUT2D eigenvalue weighted by molar-refractivity contribution is 5.94. The molecule has 6 nitrogen and oxygen atoms in total. The van der Waals surface area contributed by atoms with Crippen LogP contribution < -0.4 is 11.1 Å². The third-order valence-electron chi connectivity index (χ3n) is 4.64. The second kappa shape index (κ2) is 5.88. The lowest BCUT2D eigenvalue weighted by molar-refractivity contribution is 0.838. The summed E-state index contributed by atoms with van der Waals surface area (Å²) in [4.78, 5) is 0. The summed E-state index contributed by atoms with van der Waals surface area (Å²) in [5.41, 5.74) is 11.8.